The lowest BCUT2D eigenvalue weighted by Gasteiger charge is -2.58. The van der Waals surface area contributed by atoms with Gasteiger partial charge in [-0.25, -0.2) is 0 Å². The molecule has 0 aromatic carbocycles. The van der Waals surface area contributed by atoms with Crippen molar-refractivity contribution < 1.29 is 34.4 Å². The average Bonchev–Trinajstić information content (AvgIpc) is 2.60. The van der Waals surface area contributed by atoms with Crippen LogP contribution in [-0.2, 0) is 19.1 Å². The van der Waals surface area contributed by atoms with Crippen LogP contribution in [0.1, 0.15) is 53.9 Å². The van der Waals surface area contributed by atoms with Crippen molar-refractivity contribution in [2.24, 2.45) is 22.7 Å². The maximum atomic E-state index is 13.3. The fourth-order valence-electron chi connectivity index (χ4n) is 5.98. The van der Waals surface area contributed by atoms with Gasteiger partial charge in [0, 0.05) is 41.9 Å². The van der Waals surface area contributed by atoms with E-state index in [1.807, 2.05) is 20.8 Å². The summed E-state index contributed by atoms with van der Waals surface area (Å²) in [5, 5.41) is 31.9. The number of aliphatic hydroxyl groups is 3. The van der Waals surface area contributed by atoms with Crippen LogP contribution in [0.15, 0.2) is 22.5 Å². The standard InChI is InChI=1S/C22H30O7/c1-10(9-23)12-15(25)13-14(17(27)16(12)26)22(5)8-6-7-21(3,4)20(22)18(28)19(13)29-11(2)24/h10,18-20,23,25,28H,6-9H2,1-5H3. The van der Waals surface area contributed by atoms with E-state index in [1.165, 1.54) is 13.8 Å². The Bertz CT molecular complexity index is 834. The highest BCUT2D eigenvalue weighted by Gasteiger charge is 2.62. The lowest BCUT2D eigenvalue weighted by atomic mass is 9.47. The second-order valence-corrected chi connectivity index (χ2v) is 9.55. The van der Waals surface area contributed by atoms with Crippen molar-refractivity contribution in [3.63, 3.8) is 0 Å². The minimum Gasteiger partial charge on any atom is -0.507 e. The number of ether oxygens (including phenoxy) is 1. The van der Waals surface area contributed by atoms with Crippen LogP contribution in [-0.4, -0.2) is 51.7 Å². The lowest BCUT2D eigenvalue weighted by Crippen LogP contribution is -2.60. The number of hydrogen-bond acceptors (Lipinski definition) is 7. The van der Waals surface area contributed by atoms with E-state index in [0.29, 0.717) is 6.42 Å². The van der Waals surface area contributed by atoms with Gasteiger partial charge in [-0.15, -0.1) is 0 Å². The van der Waals surface area contributed by atoms with Gasteiger partial charge in [0.25, 0.3) is 0 Å². The zero-order valence-corrected chi connectivity index (χ0v) is 17.6. The Balaban J connectivity index is 2.35. The summed E-state index contributed by atoms with van der Waals surface area (Å²) in [5.41, 5.74) is -1.25. The topological polar surface area (TPSA) is 121 Å². The minimum absolute atomic E-state index is 0.0176. The third kappa shape index (κ3) is 3.06. The number of aliphatic hydroxyl groups excluding tert-OH is 3. The summed E-state index contributed by atoms with van der Waals surface area (Å²) in [6.07, 6.45) is -0.215. The first-order chi connectivity index (χ1) is 13.4. The zero-order chi connectivity index (χ0) is 21.9. The van der Waals surface area contributed by atoms with Gasteiger partial charge in [-0.2, -0.15) is 0 Å². The number of allylic oxidation sites excluding steroid dienone is 1. The van der Waals surface area contributed by atoms with Crippen LogP contribution >= 0.6 is 0 Å². The highest BCUT2D eigenvalue weighted by Crippen LogP contribution is 2.61. The second kappa shape index (κ2) is 7.06. The van der Waals surface area contributed by atoms with Gasteiger partial charge in [0.05, 0.1) is 11.7 Å². The highest BCUT2D eigenvalue weighted by atomic mass is 16.6. The number of fused-ring (bicyclic) bond motifs is 2. The highest BCUT2D eigenvalue weighted by molar-refractivity contribution is 6.50. The van der Waals surface area contributed by atoms with Gasteiger partial charge in [0.15, 0.2) is 6.10 Å². The molecule has 29 heavy (non-hydrogen) atoms. The number of rotatable bonds is 3. The normalized spacial score (nSPS) is 35.2. The Kier molecular flexibility index (Phi) is 5.28. The Morgan fingerprint density at radius 3 is 2.38 bits per heavy atom. The number of esters is 1. The Hall–Kier alpha value is -1.99. The minimum atomic E-state index is -1.25. The molecule has 5 unspecified atom stereocenters. The van der Waals surface area contributed by atoms with Gasteiger partial charge < -0.3 is 20.1 Å². The van der Waals surface area contributed by atoms with Crippen molar-refractivity contribution in [3.8, 4) is 0 Å². The molecule has 0 saturated heterocycles. The number of Topliss-reactive ketones (excluding diaryl/α,β-unsaturated/α-hetero) is 2. The van der Waals surface area contributed by atoms with Gasteiger partial charge >= 0.3 is 5.97 Å². The summed E-state index contributed by atoms with van der Waals surface area (Å²) < 4.78 is 5.41. The molecule has 7 nitrogen and oxygen atoms in total. The molecule has 1 fully saturated rings. The maximum absolute atomic E-state index is 13.3. The second-order valence-electron chi connectivity index (χ2n) is 9.55. The number of hydrogen-bond donors (Lipinski definition) is 3. The third-order valence-electron chi connectivity index (χ3n) is 7.07. The first-order valence-corrected chi connectivity index (χ1v) is 10.1. The van der Waals surface area contributed by atoms with Crippen molar-refractivity contribution in [2.45, 2.75) is 66.1 Å². The van der Waals surface area contributed by atoms with E-state index in [4.69, 9.17) is 4.74 Å². The van der Waals surface area contributed by atoms with E-state index in [2.05, 4.69) is 0 Å². The van der Waals surface area contributed by atoms with Crippen molar-refractivity contribution in [1.82, 2.24) is 0 Å². The zero-order valence-electron chi connectivity index (χ0n) is 17.6. The lowest BCUT2D eigenvalue weighted by molar-refractivity contribution is -0.166. The molecule has 0 bridgehead atoms. The van der Waals surface area contributed by atoms with Crippen molar-refractivity contribution in [3.05, 3.63) is 22.5 Å². The predicted molar refractivity (Wildman–Crippen MR) is 104 cm³/mol. The van der Waals surface area contributed by atoms with Crippen LogP contribution in [0.3, 0.4) is 0 Å². The molecule has 3 N–H and O–H groups in total. The van der Waals surface area contributed by atoms with E-state index in [0.717, 1.165) is 12.8 Å². The van der Waals surface area contributed by atoms with Crippen LogP contribution in [0.5, 0.6) is 0 Å². The molecule has 160 valence electrons. The van der Waals surface area contributed by atoms with Gasteiger partial charge in [-0.05, 0) is 18.3 Å². The molecule has 0 heterocycles. The van der Waals surface area contributed by atoms with Crippen LogP contribution in [0, 0.1) is 22.7 Å². The van der Waals surface area contributed by atoms with E-state index < -0.39 is 59.4 Å². The largest absolute Gasteiger partial charge is 0.507 e. The quantitative estimate of drug-likeness (QED) is 0.372. The Morgan fingerprint density at radius 1 is 1.21 bits per heavy atom. The average molecular weight is 406 g/mol. The number of carbonyl (C=O) groups excluding carboxylic acids is 3. The summed E-state index contributed by atoms with van der Waals surface area (Å²) in [4.78, 5) is 38.0. The van der Waals surface area contributed by atoms with Crippen LogP contribution in [0.25, 0.3) is 0 Å². The molecule has 5 atom stereocenters. The van der Waals surface area contributed by atoms with E-state index >= 15 is 0 Å². The first-order valence-electron chi connectivity index (χ1n) is 10.1. The van der Waals surface area contributed by atoms with Gasteiger partial charge in [0.2, 0.25) is 11.6 Å². The Labute approximate surface area is 170 Å². The molecule has 0 aromatic heterocycles. The third-order valence-corrected chi connectivity index (χ3v) is 7.07. The molecule has 0 radical (unpaired) electrons. The van der Waals surface area contributed by atoms with Crippen LogP contribution < -0.4 is 0 Å². The molecule has 3 aliphatic rings. The van der Waals surface area contributed by atoms with Crippen LogP contribution in [0.2, 0.25) is 0 Å². The van der Waals surface area contributed by atoms with Gasteiger partial charge in [0.1, 0.15) is 5.76 Å². The van der Waals surface area contributed by atoms with Gasteiger partial charge in [-0.3, -0.25) is 14.4 Å². The van der Waals surface area contributed by atoms with Crippen LogP contribution in [0.4, 0.5) is 0 Å². The molecule has 0 aromatic rings. The molecule has 0 spiro atoms. The first kappa shape index (κ1) is 21.7. The fraction of sp³-hybridized carbons (Fsp3) is 0.682. The molecular weight excluding hydrogens is 376 g/mol. The fourth-order valence-corrected chi connectivity index (χ4v) is 5.98. The summed E-state index contributed by atoms with van der Waals surface area (Å²) in [6, 6.07) is 0. The molecule has 0 aliphatic heterocycles. The summed E-state index contributed by atoms with van der Waals surface area (Å²) in [7, 11) is 0. The van der Waals surface area contributed by atoms with Crippen molar-refractivity contribution in [2.75, 3.05) is 6.61 Å². The molecular formula is C22H30O7. The monoisotopic (exact) mass is 406 g/mol. The molecule has 7 heteroatoms. The van der Waals surface area contributed by atoms with Crippen molar-refractivity contribution in [1.29, 1.82) is 0 Å². The van der Waals surface area contributed by atoms with E-state index in [9.17, 15) is 29.7 Å². The number of ketones is 2. The summed E-state index contributed by atoms with van der Waals surface area (Å²) in [6.45, 7) is 8.13. The van der Waals surface area contributed by atoms with Crippen molar-refractivity contribution >= 4 is 17.5 Å². The molecule has 3 rings (SSSR count). The molecule has 1 saturated carbocycles. The predicted octanol–water partition coefficient (Wildman–Crippen LogP) is 2.01. The smallest absolute Gasteiger partial charge is 0.303 e. The summed E-state index contributed by atoms with van der Waals surface area (Å²) in [5.74, 6) is -3.92. The van der Waals surface area contributed by atoms with E-state index in [-0.39, 0.29) is 22.1 Å². The molecule has 3 aliphatic carbocycles. The Morgan fingerprint density at radius 2 is 1.83 bits per heavy atom. The van der Waals surface area contributed by atoms with Gasteiger partial charge in [-0.1, -0.05) is 34.1 Å². The maximum Gasteiger partial charge on any atom is 0.303 e. The molecule has 0 amide bonds. The SMILES string of the molecule is CC(=O)OC1C2=C(C(=O)C(=O)C(C(C)CO)=C2O)C2(C)CCCC(C)(C)C2C1O. The number of carbonyl (C=O) groups is 3. The summed E-state index contributed by atoms with van der Waals surface area (Å²) >= 11 is 0. The van der Waals surface area contributed by atoms with E-state index in [1.54, 1.807) is 0 Å².